The van der Waals surface area contributed by atoms with E-state index in [1.54, 1.807) is 0 Å². The van der Waals surface area contributed by atoms with E-state index in [-0.39, 0.29) is 12.1 Å². The Morgan fingerprint density at radius 3 is 2.84 bits per heavy atom. The minimum Gasteiger partial charge on any atom is -0.493 e. The summed E-state index contributed by atoms with van der Waals surface area (Å²) >= 11 is 3.57. The number of halogens is 1. The molecule has 0 saturated heterocycles. The highest BCUT2D eigenvalue weighted by atomic mass is 79.9. The summed E-state index contributed by atoms with van der Waals surface area (Å²) in [5, 5.41) is 6.09. The Hall–Kier alpha value is -2.27. The highest BCUT2D eigenvalue weighted by Gasteiger charge is 2.32. The van der Waals surface area contributed by atoms with E-state index in [1.165, 1.54) is 11.1 Å². The molecule has 2 aromatic carbocycles. The number of benzene rings is 2. The predicted molar refractivity (Wildman–Crippen MR) is 101 cm³/mol. The molecule has 2 amide bonds. The van der Waals surface area contributed by atoms with Crippen LogP contribution in [-0.4, -0.2) is 12.6 Å². The van der Waals surface area contributed by atoms with Crippen LogP contribution >= 0.6 is 15.9 Å². The summed E-state index contributed by atoms with van der Waals surface area (Å²) in [4.78, 5) is 12.3. The Labute approximate surface area is 155 Å². The van der Waals surface area contributed by atoms with E-state index in [4.69, 9.17) is 4.74 Å². The molecule has 2 N–H and O–H groups in total. The van der Waals surface area contributed by atoms with Crippen molar-refractivity contribution in [1.82, 2.24) is 10.6 Å². The number of hydrogen-bond donors (Lipinski definition) is 2. The molecule has 2 aliphatic rings. The number of urea groups is 1. The lowest BCUT2D eigenvalue weighted by molar-refractivity contribution is 0.240. The van der Waals surface area contributed by atoms with Gasteiger partial charge in [0.2, 0.25) is 0 Å². The van der Waals surface area contributed by atoms with Crippen molar-refractivity contribution in [3.05, 3.63) is 69.2 Å². The second-order valence-corrected chi connectivity index (χ2v) is 7.07. The number of nitrogens with one attached hydrogen (secondary N) is 2. The monoisotopic (exact) mass is 398 g/mol. The predicted octanol–water partition coefficient (Wildman–Crippen LogP) is 4.56. The Morgan fingerprint density at radius 2 is 2.04 bits per heavy atom. The highest BCUT2D eigenvalue weighted by molar-refractivity contribution is 9.10. The fourth-order valence-electron chi connectivity index (χ4n) is 3.61. The fraction of sp³-hybridized carbons (Fsp3) is 0.250. The number of hydrogen-bond acceptors (Lipinski definition) is 2. The Balaban J connectivity index is 1.78. The molecule has 0 unspecified atom stereocenters. The molecule has 1 heterocycles. The topological polar surface area (TPSA) is 50.4 Å². The van der Waals surface area contributed by atoms with Crippen LogP contribution in [-0.2, 0) is 6.42 Å². The van der Waals surface area contributed by atoms with Gasteiger partial charge in [0.15, 0.2) is 0 Å². The number of fused-ring (bicyclic) bond motifs is 2. The molecule has 0 bridgehead atoms. The lowest BCUT2D eigenvalue weighted by Gasteiger charge is -2.34. The largest absolute Gasteiger partial charge is 0.493 e. The van der Waals surface area contributed by atoms with Gasteiger partial charge in [0.1, 0.15) is 5.75 Å². The van der Waals surface area contributed by atoms with Gasteiger partial charge in [-0.3, -0.25) is 0 Å². The molecular weight excluding hydrogens is 380 g/mol. The second kappa shape index (κ2) is 6.56. The third-order valence-electron chi connectivity index (χ3n) is 4.72. The van der Waals surface area contributed by atoms with Crippen molar-refractivity contribution in [2.24, 2.45) is 0 Å². The molecule has 1 aliphatic carbocycles. The molecule has 0 aromatic heterocycles. The van der Waals surface area contributed by atoms with Crippen LogP contribution in [0.25, 0.3) is 5.70 Å². The van der Waals surface area contributed by atoms with Crippen molar-refractivity contribution in [2.75, 3.05) is 6.61 Å². The SMILES string of the molecule is CCOc1ccc([C@@H]2NC(=O)NC3=C2CCc2ccccc23)cc1Br. The average Bonchev–Trinajstić information content (AvgIpc) is 2.63. The quantitative estimate of drug-likeness (QED) is 0.795. The molecule has 2 aromatic rings. The first kappa shape index (κ1) is 16.2. The van der Waals surface area contributed by atoms with Crippen molar-refractivity contribution in [3.8, 4) is 5.75 Å². The van der Waals surface area contributed by atoms with E-state index in [9.17, 15) is 4.79 Å². The number of carbonyl (C=O) groups is 1. The molecule has 128 valence electrons. The van der Waals surface area contributed by atoms with Crippen molar-refractivity contribution in [3.63, 3.8) is 0 Å². The molecule has 5 heteroatoms. The lowest BCUT2D eigenvalue weighted by atomic mass is 9.83. The maximum Gasteiger partial charge on any atom is 0.319 e. The van der Waals surface area contributed by atoms with Crippen LogP contribution < -0.4 is 15.4 Å². The normalized spacial score (nSPS) is 18.8. The van der Waals surface area contributed by atoms with Gasteiger partial charge in [0, 0.05) is 5.56 Å². The van der Waals surface area contributed by atoms with Crippen LogP contribution in [0.1, 0.15) is 36.1 Å². The molecule has 0 fully saturated rings. The number of ether oxygens (including phenoxy) is 1. The Kier molecular flexibility index (Phi) is 4.25. The number of aryl methyl sites for hydroxylation is 1. The zero-order chi connectivity index (χ0) is 17.4. The van der Waals surface area contributed by atoms with E-state index < -0.39 is 0 Å². The van der Waals surface area contributed by atoms with E-state index in [2.05, 4.69) is 38.7 Å². The summed E-state index contributed by atoms with van der Waals surface area (Å²) in [6, 6.07) is 14.0. The summed E-state index contributed by atoms with van der Waals surface area (Å²) < 4.78 is 6.50. The van der Waals surface area contributed by atoms with Crippen LogP contribution in [0.2, 0.25) is 0 Å². The van der Waals surface area contributed by atoms with E-state index in [1.807, 2.05) is 37.3 Å². The van der Waals surface area contributed by atoms with Crippen LogP contribution in [0.3, 0.4) is 0 Å². The third-order valence-corrected chi connectivity index (χ3v) is 5.34. The maximum atomic E-state index is 12.3. The van der Waals surface area contributed by atoms with E-state index in [0.717, 1.165) is 39.9 Å². The van der Waals surface area contributed by atoms with E-state index in [0.29, 0.717) is 6.61 Å². The summed E-state index contributed by atoms with van der Waals surface area (Å²) in [5.41, 5.74) is 5.66. The van der Waals surface area contributed by atoms with Crippen LogP contribution in [0, 0.1) is 0 Å². The van der Waals surface area contributed by atoms with Crippen molar-refractivity contribution >= 4 is 27.7 Å². The Bertz CT molecular complexity index is 876. The Morgan fingerprint density at radius 1 is 1.20 bits per heavy atom. The van der Waals surface area contributed by atoms with Gasteiger partial charge in [-0.15, -0.1) is 0 Å². The number of carbonyl (C=O) groups excluding carboxylic acids is 1. The van der Waals surface area contributed by atoms with Crippen LogP contribution in [0.15, 0.2) is 52.5 Å². The number of amides is 2. The van der Waals surface area contributed by atoms with Crippen molar-refractivity contribution in [1.29, 1.82) is 0 Å². The molecular formula is C20H19BrN2O2. The molecule has 4 rings (SSSR count). The molecule has 0 spiro atoms. The van der Waals surface area contributed by atoms with Gasteiger partial charge in [-0.2, -0.15) is 0 Å². The van der Waals surface area contributed by atoms with Crippen molar-refractivity contribution < 1.29 is 9.53 Å². The van der Waals surface area contributed by atoms with Gasteiger partial charge >= 0.3 is 6.03 Å². The molecule has 1 atom stereocenters. The van der Waals surface area contributed by atoms with Gasteiger partial charge in [-0.25, -0.2) is 4.79 Å². The zero-order valence-corrected chi connectivity index (χ0v) is 15.5. The van der Waals surface area contributed by atoms with Crippen LogP contribution in [0.5, 0.6) is 5.75 Å². The maximum absolute atomic E-state index is 12.3. The van der Waals surface area contributed by atoms with Gasteiger partial charge in [0.25, 0.3) is 0 Å². The molecule has 0 radical (unpaired) electrons. The van der Waals surface area contributed by atoms with Gasteiger partial charge < -0.3 is 15.4 Å². The fourth-order valence-corrected chi connectivity index (χ4v) is 4.12. The molecule has 4 nitrogen and oxygen atoms in total. The van der Waals surface area contributed by atoms with Gasteiger partial charge in [-0.05, 0) is 64.5 Å². The first-order valence-electron chi connectivity index (χ1n) is 8.48. The molecule has 0 saturated carbocycles. The molecule has 1 aliphatic heterocycles. The minimum atomic E-state index is -0.162. The number of rotatable bonds is 3. The smallest absolute Gasteiger partial charge is 0.319 e. The summed E-state index contributed by atoms with van der Waals surface area (Å²) in [6.07, 6.45) is 1.91. The summed E-state index contributed by atoms with van der Waals surface area (Å²) in [7, 11) is 0. The minimum absolute atomic E-state index is 0.121. The zero-order valence-electron chi connectivity index (χ0n) is 13.9. The highest BCUT2D eigenvalue weighted by Crippen LogP contribution is 2.40. The van der Waals surface area contributed by atoms with Gasteiger partial charge in [0.05, 0.1) is 22.8 Å². The van der Waals surface area contributed by atoms with Gasteiger partial charge in [-0.1, -0.05) is 30.3 Å². The molecule has 25 heavy (non-hydrogen) atoms. The van der Waals surface area contributed by atoms with Crippen LogP contribution in [0.4, 0.5) is 4.79 Å². The lowest BCUT2D eigenvalue weighted by Crippen LogP contribution is -2.44. The van der Waals surface area contributed by atoms with E-state index >= 15 is 0 Å². The third kappa shape index (κ3) is 2.93. The average molecular weight is 399 g/mol. The summed E-state index contributed by atoms with van der Waals surface area (Å²) in [6.45, 7) is 2.58. The summed E-state index contributed by atoms with van der Waals surface area (Å²) in [5.74, 6) is 0.815. The first-order valence-corrected chi connectivity index (χ1v) is 9.27. The standard InChI is InChI=1S/C20H19BrN2O2/c1-2-25-17-10-8-13(11-16(17)21)18-15-9-7-12-5-3-4-6-14(12)19(15)23-20(24)22-18/h3-6,8,10-11,18H,2,7,9H2,1H3,(H2,22,23,24)/t18-/m0/s1. The first-order chi connectivity index (χ1) is 12.2. The van der Waals surface area contributed by atoms with Crippen molar-refractivity contribution in [2.45, 2.75) is 25.8 Å². The second-order valence-electron chi connectivity index (χ2n) is 6.21.